The number of nitrogens with zero attached hydrogens (tertiary/aromatic N) is 3. The Hall–Kier alpha value is -9.32. The van der Waals surface area contributed by atoms with E-state index in [1.54, 1.807) is 66.9 Å². The number of unbranched alkanes of at least 4 members (excludes halogenated alkanes) is 3. The number of phenols is 1. The molecule has 508 valence electrons. The molecule has 9 amide bonds. The van der Waals surface area contributed by atoms with Crippen molar-refractivity contribution in [2.45, 2.75) is 154 Å². The van der Waals surface area contributed by atoms with E-state index in [4.69, 9.17) is 11.6 Å². The van der Waals surface area contributed by atoms with Gasteiger partial charge in [0.15, 0.2) is 0 Å². The summed E-state index contributed by atoms with van der Waals surface area (Å²) < 4.78 is 0. The molecule has 24 heteroatoms. The molecule has 0 aliphatic heterocycles. The third-order valence-corrected chi connectivity index (χ3v) is 16.1. The number of aromatic nitrogens is 2. The number of pyridine rings is 2. The summed E-state index contributed by atoms with van der Waals surface area (Å²) in [4.78, 5) is 137. The second-order valence-electron chi connectivity index (χ2n) is 24.4. The lowest BCUT2D eigenvalue weighted by atomic mass is 9.99. The summed E-state index contributed by atoms with van der Waals surface area (Å²) in [6.07, 6.45) is 8.98. The minimum absolute atomic E-state index is 0.0230. The largest absolute Gasteiger partial charge is 0.508 e. The number of hydrogen-bond donors (Lipinski definition) is 11. The minimum Gasteiger partial charge on any atom is -0.508 e. The number of nitrogens with one attached hydrogen (secondary N) is 9. The first-order valence-corrected chi connectivity index (χ1v) is 32.7. The van der Waals surface area contributed by atoms with E-state index in [9.17, 15) is 48.6 Å². The number of carbonyl (C=O) groups is 9. The van der Waals surface area contributed by atoms with Crippen LogP contribution in [0.1, 0.15) is 112 Å². The molecule has 7 atom stereocenters. The van der Waals surface area contributed by atoms with Crippen molar-refractivity contribution in [2.24, 2.45) is 5.92 Å². The number of halogens is 1. The smallest absolute Gasteiger partial charge is 0.252 e. The third-order valence-electron chi connectivity index (χ3n) is 15.8. The molecule has 0 bridgehead atoms. The van der Waals surface area contributed by atoms with Gasteiger partial charge >= 0.3 is 0 Å². The van der Waals surface area contributed by atoms with Crippen molar-refractivity contribution >= 4 is 75.5 Å². The Kier molecular flexibility index (Phi) is 30.5. The molecular formula is C71H91ClN12O11. The second kappa shape index (κ2) is 38.8. The highest BCUT2D eigenvalue weighted by Crippen LogP contribution is 2.20. The van der Waals surface area contributed by atoms with Crippen LogP contribution in [0.4, 0.5) is 0 Å². The van der Waals surface area contributed by atoms with Crippen LogP contribution in [0.3, 0.4) is 0 Å². The SMILES string of the molecule is CC(=O)NC(Cc1ccc2ccccc2c1)C(=O)NC(Cc1ccc(Cl)cc1)C(=O)NC(Cc1cccnc1)C(=O)NC(CO)C(=O)N(C)C(Cc1ccc(O)cc1)C(=O)NC(CCCCNC(=O)c1cccnc1)C(=O)NC(CC(C)C)C(=O)NCCCCCNC(C)C. The van der Waals surface area contributed by atoms with Crippen molar-refractivity contribution in [3.8, 4) is 5.75 Å². The van der Waals surface area contributed by atoms with Gasteiger partial charge in [0.25, 0.3) is 5.91 Å². The van der Waals surface area contributed by atoms with Crippen molar-refractivity contribution in [2.75, 3.05) is 33.3 Å². The zero-order chi connectivity index (χ0) is 68.8. The standard InChI is InChI=1S/C71H91ClN12O11/c1-45(2)36-58(65(89)77-34-12-7-11-33-75-46(3)4)80-66(90)57(20-10-13-35-76-64(88)54-19-15-32-74-43-54)79-70(94)63(41-49-24-29-56(87)30-25-49)84(6)71(95)62(44-85)83-69(93)61(40-51-16-14-31-73-42-51)82-68(92)60(38-48-22-27-55(72)28-23-48)81-67(91)59(78-47(5)86)39-50-21-26-52-17-8-9-18-53(52)37-50/h8-9,14-19,21-32,37,42-43,45-46,57-63,75,85,87H,7,10-13,20,33-36,38-41,44H2,1-6H3,(H,76,88)(H,77,89)(H,78,86)(H,79,94)(H,80,90)(H,81,91)(H,82,92)(H,83,93). The maximum absolute atomic E-state index is 15.0. The van der Waals surface area contributed by atoms with Gasteiger partial charge in [0.1, 0.15) is 48.0 Å². The fraction of sp³-hybridized carbons (Fsp3) is 0.423. The molecule has 95 heavy (non-hydrogen) atoms. The predicted molar refractivity (Wildman–Crippen MR) is 363 cm³/mol. The molecular weight excluding hydrogens is 1230 g/mol. The van der Waals surface area contributed by atoms with Crippen LogP contribution in [-0.4, -0.2) is 160 Å². The molecule has 0 fully saturated rings. The molecule has 0 saturated carbocycles. The molecule has 6 aromatic rings. The number of hydrogen-bond acceptors (Lipinski definition) is 14. The highest BCUT2D eigenvalue weighted by molar-refractivity contribution is 6.30. The van der Waals surface area contributed by atoms with E-state index in [0.29, 0.717) is 59.1 Å². The second-order valence-corrected chi connectivity index (χ2v) is 24.9. The zero-order valence-corrected chi connectivity index (χ0v) is 55.6. The van der Waals surface area contributed by atoms with Crippen molar-refractivity contribution in [1.82, 2.24) is 62.7 Å². The summed E-state index contributed by atoms with van der Waals surface area (Å²) >= 11 is 6.24. The number of phenolic OH excluding ortho intramolecular Hbond substituents is 1. The maximum Gasteiger partial charge on any atom is 0.252 e. The monoisotopic (exact) mass is 1320 g/mol. The van der Waals surface area contributed by atoms with E-state index in [2.05, 4.69) is 71.7 Å². The van der Waals surface area contributed by atoms with Gasteiger partial charge in [-0.3, -0.25) is 53.1 Å². The molecule has 0 radical (unpaired) electrons. The Bertz CT molecular complexity index is 3470. The minimum atomic E-state index is -1.75. The van der Waals surface area contributed by atoms with Crippen LogP contribution in [-0.2, 0) is 64.0 Å². The molecule has 0 aliphatic carbocycles. The molecule has 0 aliphatic rings. The number of aliphatic hydroxyl groups excluding tert-OH is 1. The quantitative estimate of drug-likeness (QED) is 0.0229. The fourth-order valence-electron chi connectivity index (χ4n) is 10.7. The average molecular weight is 1320 g/mol. The number of rotatable bonds is 38. The average Bonchev–Trinajstić information content (AvgIpc) is 0.894. The fourth-order valence-corrected chi connectivity index (χ4v) is 10.8. The van der Waals surface area contributed by atoms with Crippen LogP contribution in [0.15, 0.2) is 140 Å². The van der Waals surface area contributed by atoms with Gasteiger partial charge in [0.2, 0.25) is 47.3 Å². The zero-order valence-electron chi connectivity index (χ0n) is 54.9. The molecule has 2 heterocycles. The van der Waals surface area contributed by atoms with Gasteiger partial charge in [-0.15, -0.1) is 0 Å². The summed E-state index contributed by atoms with van der Waals surface area (Å²) in [7, 11) is 1.29. The van der Waals surface area contributed by atoms with Gasteiger partial charge in [0.05, 0.1) is 12.2 Å². The molecule has 11 N–H and O–H groups in total. The molecule has 0 saturated heterocycles. The number of amides is 9. The Balaban J connectivity index is 1.25. The lowest BCUT2D eigenvalue weighted by molar-refractivity contribution is -0.144. The highest BCUT2D eigenvalue weighted by atomic mass is 35.5. The topological polar surface area (TPSA) is 331 Å². The molecule has 23 nitrogen and oxygen atoms in total. The number of fused-ring (bicyclic) bond motifs is 1. The van der Waals surface area contributed by atoms with Gasteiger partial charge in [0, 0.05) is 88.6 Å². The Morgan fingerprint density at radius 1 is 0.505 bits per heavy atom. The van der Waals surface area contributed by atoms with Crippen LogP contribution in [0.5, 0.6) is 5.75 Å². The van der Waals surface area contributed by atoms with Gasteiger partial charge in [-0.1, -0.05) is 119 Å². The predicted octanol–water partition coefficient (Wildman–Crippen LogP) is 4.94. The molecule has 0 spiro atoms. The van der Waals surface area contributed by atoms with E-state index < -0.39 is 96.2 Å². The maximum atomic E-state index is 15.0. The van der Waals surface area contributed by atoms with Crippen LogP contribution < -0.4 is 47.9 Å². The van der Waals surface area contributed by atoms with Crippen LogP contribution in [0.25, 0.3) is 10.8 Å². The Morgan fingerprint density at radius 3 is 1.66 bits per heavy atom. The number of aliphatic hydroxyl groups is 1. The number of carbonyl (C=O) groups excluding carboxylic acids is 9. The van der Waals surface area contributed by atoms with Crippen LogP contribution in [0, 0.1) is 5.92 Å². The van der Waals surface area contributed by atoms with E-state index >= 15 is 4.79 Å². The summed E-state index contributed by atoms with van der Waals surface area (Å²) in [5.41, 5.74) is 2.61. The number of likely N-dealkylation sites (N-methyl/N-ethyl adjacent to an activating group) is 1. The van der Waals surface area contributed by atoms with Crippen molar-refractivity contribution in [3.63, 3.8) is 0 Å². The number of aromatic hydroxyl groups is 1. The lowest BCUT2D eigenvalue weighted by Crippen LogP contribution is -2.61. The number of benzene rings is 4. The van der Waals surface area contributed by atoms with Gasteiger partial charge < -0.3 is 63.0 Å². The Morgan fingerprint density at radius 2 is 1.04 bits per heavy atom. The first kappa shape index (κ1) is 74.7. The van der Waals surface area contributed by atoms with Crippen molar-refractivity contribution < 1.29 is 53.4 Å². The van der Waals surface area contributed by atoms with Crippen molar-refractivity contribution in [1.29, 1.82) is 0 Å². The molecule has 7 unspecified atom stereocenters. The Labute approximate surface area is 560 Å². The van der Waals surface area contributed by atoms with E-state index in [1.165, 1.54) is 44.7 Å². The lowest BCUT2D eigenvalue weighted by Gasteiger charge is -2.32. The van der Waals surface area contributed by atoms with Gasteiger partial charge in [-0.05, 0) is 126 Å². The van der Waals surface area contributed by atoms with E-state index in [-0.39, 0.29) is 62.6 Å². The summed E-state index contributed by atoms with van der Waals surface area (Å²) in [5, 5.41) is 49.3. The van der Waals surface area contributed by atoms with Gasteiger partial charge in [-0.25, -0.2) is 0 Å². The van der Waals surface area contributed by atoms with E-state index in [1.807, 2.05) is 56.3 Å². The van der Waals surface area contributed by atoms with Gasteiger partial charge in [-0.2, -0.15) is 0 Å². The normalized spacial score (nSPS) is 13.4. The third kappa shape index (κ3) is 25.5. The van der Waals surface area contributed by atoms with E-state index in [0.717, 1.165) is 40.6 Å². The highest BCUT2D eigenvalue weighted by Gasteiger charge is 2.37. The first-order valence-electron chi connectivity index (χ1n) is 32.3. The summed E-state index contributed by atoms with van der Waals surface area (Å²) in [6.45, 7) is 9.67. The van der Waals surface area contributed by atoms with Crippen molar-refractivity contribution in [3.05, 3.63) is 173 Å². The molecule has 4 aromatic carbocycles. The first-order chi connectivity index (χ1) is 45.6. The molecule has 2 aromatic heterocycles. The summed E-state index contributed by atoms with van der Waals surface area (Å²) in [5.74, 6) is -6.29. The summed E-state index contributed by atoms with van der Waals surface area (Å²) in [6, 6.07) is 23.2. The molecule has 6 rings (SSSR count). The van der Waals surface area contributed by atoms with Crippen LogP contribution in [0.2, 0.25) is 5.02 Å². The van der Waals surface area contributed by atoms with Crippen LogP contribution >= 0.6 is 11.6 Å².